The Labute approximate surface area is 90.2 Å². The second-order valence-corrected chi connectivity index (χ2v) is 5.53. The van der Waals surface area contributed by atoms with Crippen molar-refractivity contribution >= 4 is 10.2 Å². The Bertz CT molecular complexity index is 294. The van der Waals surface area contributed by atoms with E-state index >= 15 is 0 Å². The van der Waals surface area contributed by atoms with Crippen LogP contribution < -0.4 is 10.0 Å². The molecule has 0 aliphatic carbocycles. The molecule has 88 valence electrons. The average molecular weight is 235 g/mol. The van der Waals surface area contributed by atoms with Gasteiger partial charge in [0.05, 0.1) is 13.2 Å². The number of morpholine rings is 1. The van der Waals surface area contributed by atoms with Crippen LogP contribution in [0.1, 0.15) is 6.42 Å². The van der Waals surface area contributed by atoms with E-state index in [4.69, 9.17) is 4.74 Å². The molecule has 2 rings (SSSR count). The Morgan fingerprint density at radius 2 is 2.07 bits per heavy atom. The fraction of sp³-hybridized carbons (Fsp3) is 1.00. The van der Waals surface area contributed by atoms with Gasteiger partial charge in [-0.2, -0.15) is 17.4 Å². The minimum absolute atomic E-state index is 0.0397. The zero-order valence-electron chi connectivity index (χ0n) is 8.61. The summed E-state index contributed by atoms with van der Waals surface area (Å²) in [5.41, 5.74) is 0. The Morgan fingerprint density at radius 1 is 1.33 bits per heavy atom. The van der Waals surface area contributed by atoms with Gasteiger partial charge in [0, 0.05) is 25.7 Å². The van der Waals surface area contributed by atoms with Crippen LogP contribution in [-0.4, -0.2) is 58.2 Å². The topological polar surface area (TPSA) is 70.7 Å². The molecule has 2 heterocycles. The molecule has 2 aliphatic rings. The first-order valence-electron chi connectivity index (χ1n) is 5.24. The maximum atomic E-state index is 11.9. The van der Waals surface area contributed by atoms with Crippen molar-refractivity contribution in [2.75, 3.05) is 39.4 Å². The van der Waals surface area contributed by atoms with Crippen molar-refractivity contribution < 1.29 is 13.2 Å². The van der Waals surface area contributed by atoms with E-state index in [1.54, 1.807) is 0 Å². The van der Waals surface area contributed by atoms with Crippen LogP contribution in [0.25, 0.3) is 0 Å². The highest BCUT2D eigenvalue weighted by Gasteiger charge is 2.27. The summed E-state index contributed by atoms with van der Waals surface area (Å²) >= 11 is 0. The number of ether oxygens (including phenoxy) is 1. The summed E-state index contributed by atoms with van der Waals surface area (Å²) in [6.45, 7) is 3.50. The first-order chi connectivity index (χ1) is 7.18. The third kappa shape index (κ3) is 2.88. The first-order valence-corrected chi connectivity index (χ1v) is 6.68. The highest BCUT2D eigenvalue weighted by atomic mass is 32.2. The Balaban J connectivity index is 1.92. The SMILES string of the molecule is O=S(=O)(NC1CCNC1)N1CCOCC1. The molecule has 1 unspecified atom stereocenters. The molecular formula is C8H17N3O3S. The summed E-state index contributed by atoms with van der Waals surface area (Å²) in [6, 6.07) is 0.0397. The summed E-state index contributed by atoms with van der Waals surface area (Å²) < 4.78 is 33.0. The van der Waals surface area contributed by atoms with Gasteiger partial charge in [0.15, 0.2) is 0 Å². The summed E-state index contributed by atoms with van der Waals surface area (Å²) in [7, 11) is -3.30. The van der Waals surface area contributed by atoms with Crippen molar-refractivity contribution in [1.29, 1.82) is 0 Å². The summed E-state index contributed by atoms with van der Waals surface area (Å²) in [4.78, 5) is 0. The van der Waals surface area contributed by atoms with Crippen LogP contribution in [0.4, 0.5) is 0 Å². The second kappa shape index (κ2) is 4.75. The molecule has 6 nitrogen and oxygen atoms in total. The largest absolute Gasteiger partial charge is 0.379 e. The Morgan fingerprint density at radius 3 is 2.67 bits per heavy atom. The number of rotatable bonds is 3. The zero-order chi connectivity index (χ0) is 10.7. The smallest absolute Gasteiger partial charge is 0.279 e. The van der Waals surface area contributed by atoms with Gasteiger partial charge in [-0.15, -0.1) is 0 Å². The van der Waals surface area contributed by atoms with Gasteiger partial charge in [-0.3, -0.25) is 0 Å². The third-order valence-electron chi connectivity index (χ3n) is 2.69. The van der Waals surface area contributed by atoms with E-state index in [1.807, 2.05) is 0 Å². The van der Waals surface area contributed by atoms with Crippen molar-refractivity contribution in [3.63, 3.8) is 0 Å². The van der Waals surface area contributed by atoms with Crippen LogP contribution >= 0.6 is 0 Å². The van der Waals surface area contributed by atoms with E-state index in [0.717, 1.165) is 19.5 Å². The van der Waals surface area contributed by atoms with Crippen LogP contribution in [0, 0.1) is 0 Å². The van der Waals surface area contributed by atoms with Crippen molar-refractivity contribution in [2.45, 2.75) is 12.5 Å². The fourth-order valence-corrected chi connectivity index (χ4v) is 3.23. The minimum atomic E-state index is -3.30. The third-order valence-corrected chi connectivity index (χ3v) is 4.36. The summed E-state index contributed by atoms with van der Waals surface area (Å²) in [5.74, 6) is 0. The molecule has 0 saturated carbocycles. The van der Waals surface area contributed by atoms with Gasteiger partial charge in [-0.1, -0.05) is 0 Å². The van der Waals surface area contributed by atoms with E-state index < -0.39 is 10.2 Å². The monoisotopic (exact) mass is 235 g/mol. The Kier molecular flexibility index (Phi) is 3.57. The molecule has 1 atom stereocenters. The van der Waals surface area contributed by atoms with E-state index in [9.17, 15) is 8.42 Å². The standard InChI is InChI=1S/C8H17N3O3S/c12-15(13,10-8-1-2-9-7-8)11-3-5-14-6-4-11/h8-10H,1-7H2. The molecule has 2 aliphatic heterocycles. The van der Waals surface area contributed by atoms with Crippen molar-refractivity contribution in [3.05, 3.63) is 0 Å². The maximum Gasteiger partial charge on any atom is 0.279 e. The molecule has 0 aromatic rings. The van der Waals surface area contributed by atoms with Gasteiger partial charge >= 0.3 is 0 Å². The average Bonchev–Trinajstić information content (AvgIpc) is 2.71. The van der Waals surface area contributed by atoms with Gasteiger partial charge in [-0.05, 0) is 13.0 Å². The molecular weight excluding hydrogens is 218 g/mol. The van der Waals surface area contributed by atoms with Crippen LogP contribution in [0.15, 0.2) is 0 Å². The normalized spacial score (nSPS) is 29.5. The molecule has 0 spiro atoms. The molecule has 2 saturated heterocycles. The van der Waals surface area contributed by atoms with Crippen LogP contribution in [0.5, 0.6) is 0 Å². The van der Waals surface area contributed by atoms with Gasteiger partial charge < -0.3 is 10.1 Å². The molecule has 0 aromatic heterocycles. The van der Waals surface area contributed by atoms with Crippen LogP contribution in [0.3, 0.4) is 0 Å². The highest BCUT2D eigenvalue weighted by Crippen LogP contribution is 2.06. The Hall–Kier alpha value is -0.210. The predicted molar refractivity (Wildman–Crippen MR) is 55.7 cm³/mol. The fourth-order valence-electron chi connectivity index (χ4n) is 1.83. The second-order valence-electron chi connectivity index (χ2n) is 3.82. The lowest BCUT2D eigenvalue weighted by atomic mass is 10.3. The van der Waals surface area contributed by atoms with E-state index in [-0.39, 0.29) is 6.04 Å². The molecule has 0 bridgehead atoms. The molecule has 2 fully saturated rings. The van der Waals surface area contributed by atoms with E-state index in [0.29, 0.717) is 26.3 Å². The van der Waals surface area contributed by atoms with Gasteiger partial charge in [0.2, 0.25) is 0 Å². The lowest BCUT2D eigenvalue weighted by Crippen LogP contribution is -2.50. The highest BCUT2D eigenvalue weighted by molar-refractivity contribution is 7.87. The molecule has 2 N–H and O–H groups in total. The lowest BCUT2D eigenvalue weighted by molar-refractivity contribution is 0.0723. The molecule has 0 aromatic carbocycles. The van der Waals surface area contributed by atoms with E-state index in [2.05, 4.69) is 10.0 Å². The number of hydrogen-bond donors (Lipinski definition) is 2. The van der Waals surface area contributed by atoms with Crippen molar-refractivity contribution in [1.82, 2.24) is 14.3 Å². The van der Waals surface area contributed by atoms with Crippen LogP contribution in [-0.2, 0) is 14.9 Å². The maximum absolute atomic E-state index is 11.9. The van der Waals surface area contributed by atoms with Gasteiger partial charge in [0.1, 0.15) is 0 Å². The molecule has 0 radical (unpaired) electrons. The summed E-state index contributed by atoms with van der Waals surface area (Å²) in [6.07, 6.45) is 0.865. The molecule has 15 heavy (non-hydrogen) atoms. The summed E-state index contributed by atoms with van der Waals surface area (Å²) in [5, 5.41) is 3.13. The molecule has 0 amide bonds. The van der Waals surface area contributed by atoms with Gasteiger partial charge in [-0.25, -0.2) is 0 Å². The number of hydrogen-bond acceptors (Lipinski definition) is 4. The van der Waals surface area contributed by atoms with Gasteiger partial charge in [0.25, 0.3) is 10.2 Å². The van der Waals surface area contributed by atoms with Crippen LogP contribution in [0.2, 0.25) is 0 Å². The van der Waals surface area contributed by atoms with E-state index in [1.165, 1.54) is 4.31 Å². The van der Waals surface area contributed by atoms with Crippen molar-refractivity contribution in [3.8, 4) is 0 Å². The van der Waals surface area contributed by atoms with Crippen molar-refractivity contribution in [2.24, 2.45) is 0 Å². The first kappa shape index (κ1) is 11.3. The minimum Gasteiger partial charge on any atom is -0.379 e. The molecule has 7 heteroatoms. The zero-order valence-corrected chi connectivity index (χ0v) is 9.42. The number of nitrogens with one attached hydrogen (secondary N) is 2. The lowest BCUT2D eigenvalue weighted by Gasteiger charge is -2.27. The quantitative estimate of drug-likeness (QED) is 0.625. The predicted octanol–water partition coefficient (Wildman–Crippen LogP) is -1.49. The number of nitrogens with zero attached hydrogens (tertiary/aromatic N) is 1.